The first kappa shape index (κ1) is 11.5. The minimum absolute atomic E-state index is 0.204. The zero-order chi connectivity index (χ0) is 13.2. The number of benzene rings is 1. The first-order valence-corrected chi connectivity index (χ1v) is 5.95. The first-order valence-electron chi connectivity index (χ1n) is 5.95. The van der Waals surface area contributed by atoms with Crippen molar-refractivity contribution in [3.63, 3.8) is 0 Å². The van der Waals surface area contributed by atoms with Crippen molar-refractivity contribution < 1.29 is 9.53 Å². The van der Waals surface area contributed by atoms with Gasteiger partial charge in [0.15, 0.2) is 5.69 Å². The highest BCUT2D eigenvalue weighted by atomic mass is 16.5. The second-order valence-electron chi connectivity index (χ2n) is 3.99. The second kappa shape index (κ2) is 4.56. The van der Waals surface area contributed by atoms with Crippen LogP contribution in [0.3, 0.4) is 0 Å². The van der Waals surface area contributed by atoms with Crippen LogP contribution in [0.2, 0.25) is 0 Å². The zero-order valence-corrected chi connectivity index (χ0v) is 10.3. The lowest BCUT2D eigenvalue weighted by Gasteiger charge is -2.02. The van der Waals surface area contributed by atoms with Crippen molar-refractivity contribution in [2.45, 2.75) is 6.92 Å². The minimum Gasteiger partial charge on any atom is -0.461 e. The Morgan fingerprint density at radius 1 is 1.32 bits per heavy atom. The molecule has 3 rings (SSSR count). The highest BCUT2D eigenvalue weighted by Gasteiger charge is 2.20. The second-order valence-corrected chi connectivity index (χ2v) is 3.99. The summed E-state index contributed by atoms with van der Waals surface area (Å²) in [5.41, 5.74) is 2.53. The SMILES string of the molecule is CCOC(=O)c1n[nH]nc1-c1cccc2[nH]ccc12. The monoisotopic (exact) mass is 256 g/mol. The van der Waals surface area contributed by atoms with Crippen molar-refractivity contribution in [2.75, 3.05) is 6.61 Å². The maximum atomic E-state index is 11.8. The van der Waals surface area contributed by atoms with E-state index in [4.69, 9.17) is 4.74 Å². The van der Waals surface area contributed by atoms with Crippen molar-refractivity contribution in [3.8, 4) is 11.3 Å². The van der Waals surface area contributed by atoms with Gasteiger partial charge in [0.1, 0.15) is 5.69 Å². The molecule has 0 aliphatic rings. The smallest absolute Gasteiger partial charge is 0.361 e. The molecule has 2 N–H and O–H groups in total. The van der Waals surface area contributed by atoms with Crippen LogP contribution in [-0.4, -0.2) is 33.0 Å². The highest BCUT2D eigenvalue weighted by molar-refractivity contribution is 6.01. The van der Waals surface area contributed by atoms with Crippen LogP contribution in [0.1, 0.15) is 17.4 Å². The first-order chi connectivity index (χ1) is 9.31. The van der Waals surface area contributed by atoms with E-state index in [2.05, 4.69) is 20.4 Å². The van der Waals surface area contributed by atoms with Gasteiger partial charge in [-0.3, -0.25) is 0 Å². The molecular formula is C13H12N4O2. The zero-order valence-electron chi connectivity index (χ0n) is 10.3. The largest absolute Gasteiger partial charge is 0.461 e. The van der Waals surface area contributed by atoms with E-state index < -0.39 is 5.97 Å². The summed E-state index contributed by atoms with van der Waals surface area (Å²) in [6, 6.07) is 7.70. The summed E-state index contributed by atoms with van der Waals surface area (Å²) < 4.78 is 4.97. The van der Waals surface area contributed by atoms with Crippen LogP contribution in [0.4, 0.5) is 0 Å². The van der Waals surface area contributed by atoms with Gasteiger partial charge in [-0.2, -0.15) is 10.3 Å². The summed E-state index contributed by atoms with van der Waals surface area (Å²) in [5, 5.41) is 11.4. The van der Waals surface area contributed by atoms with E-state index in [-0.39, 0.29) is 5.69 Å². The molecule has 2 heterocycles. The standard InChI is InChI=1S/C13H12N4O2/c1-2-19-13(18)12-11(15-17-16-12)9-4-3-5-10-8(9)6-7-14-10/h3-7,14H,2H2,1H3,(H,15,16,17). The number of aromatic amines is 2. The lowest BCUT2D eigenvalue weighted by Crippen LogP contribution is -2.06. The number of aromatic nitrogens is 4. The van der Waals surface area contributed by atoms with Gasteiger partial charge < -0.3 is 9.72 Å². The predicted octanol–water partition coefficient (Wildman–Crippen LogP) is 2.13. The number of esters is 1. The maximum absolute atomic E-state index is 11.8. The van der Waals surface area contributed by atoms with Gasteiger partial charge in [0, 0.05) is 22.7 Å². The van der Waals surface area contributed by atoms with E-state index in [0.29, 0.717) is 12.3 Å². The minimum atomic E-state index is -0.473. The quantitative estimate of drug-likeness (QED) is 0.703. The molecule has 1 aromatic carbocycles. The number of hydrogen-bond acceptors (Lipinski definition) is 4. The number of carbonyl (C=O) groups is 1. The molecule has 0 radical (unpaired) electrons. The molecule has 6 heteroatoms. The van der Waals surface area contributed by atoms with E-state index in [1.54, 1.807) is 6.92 Å². The summed E-state index contributed by atoms with van der Waals surface area (Å²) in [6.45, 7) is 2.06. The van der Waals surface area contributed by atoms with Crippen LogP contribution in [0, 0.1) is 0 Å². The molecule has 0 saturated heterocycles. The van der Waals surface area contributed by atoms with Crippen LogP contribution in [0.5, 0.6) is 0 Å². The van der Waals surface area contributed by atoms with E-state index in [0.717, 1.165) is 16.5 Å². The fourth-order valence-electron chi connectivity index (χ4n) is 2.05. The third-order valence-electron chi connectivity index (χ3n) is 2.87. The molecule has 0 spiro atoms. The lowest BCUT2D eigenvalue weighted by atomic mass is 10.1. The van der Waals surface area contributed by atoms with Gasteiger partial charge in [-0.25, -0.2) is 4.79 Å². The fourth-order valence-corrected chi connectivity index (χ4v) is 2.05. The molecule has 0 atom stereocenters. The van der Waals surface area contributed by atoms with Crippen molar-refractivity contribution in [2.24, 2.45) is 0 Å². The Balaban J connectivity index is 2.15. The fraction of sp³-hybridized carbons (Fsp3) is 0.154. The average Bonchev–Trinajstić information content (AvgIpc) is 3.07. The molecule has 3 aromatic rings. The Kier molecular flexibility index (Phi) is 2.75. The molecule has 19 heavy (non-hydrogen) atoms. The molecule has 2 aromatic heterocycles. The number of carbonyl (C=O) groups excluding carboxylic acids is 1. The number of ether oxygens (including phenoxy) is 1. The van der Waals surface area contributed by atoms with Gasteiger partial charge in [-0.05, 0) is 19.1 Å². The third kappa shape index (κ3) is 1.87. The number of H-pyrrole nitrogens is 2. The van der Waals surface area contributed by atoms with E-state index >= 15 is 0 Å². The van der Waals surface area contributed by atoms with Crippen molar-refractivity contribution in [1.82, 2.24) is 20.4 Å². The van der Waals surface area contributed by atoms with Gasteiger partial charge in [-0.15, -0.1) is 5.10 Å². The van der Waals surface area contributed by atoms with Crippen LogP contribution >= 0.6 is 0 Å². The maximum Gasteiger partial charge on any atom is 0.361 e. The molecule has 0 fully saturated rings. The number of fused-ring (bicyclic) bond motifs is 1. The number of nitrogens with zero attached hydrogens (tertiary/aromatic N) is 2. The van der Waals surface area contributed by atoms with Crippen LogP contribution in [-0.2, 0) is 4.74 Å². The summed E-state index contributed by atoms with van der Waals surface area (Å²) in [7, 11) is 0. The van der Waals surface area contributed by atoms with Gasteiger partial charge in [0.25, 0.3) is 0 Å². The molecule has 0 bridgehead atoms. The predicted molar refractivity (Wildman–Crippen MR) is 69.6 cm³/mol. The summed E-state index contributed by atoms with van der Waals surface area (Å²) in [4.78, 5) is 14.9. The number of hydrogen-bond donors (Lipinski definition) is 2. The van der Waals surface area contributed by atoms with Crippen molar-refractivity contribution >= 4 is 16.9 Å². The molecule has 0 aliphatic heterocycles. The Labute approximate surface area is 108 Å². The lowest BCUT2D eigenvalue weighted by molar-refractivity contribution is 0.0520. The van der Waals surface area contributed by atoms with Gasteiger partial charge >= 0.3 is 5.97 Å². The molecule has 0 amide bonds. The van der Waals surface area contributed by atoms with Crippen LogP contribution in [0.15, 0.2) is 30.5 Å². The van der Waals surface area contributed by atoms with Gasteiger partial charge in [0.05, 0.1) is 6.61 Å². The third-order valence-corrected chi connectivity index (χ3v) is 2.87. The molecule has 0 unspecified atom stereocenters. The van der Waals surface area contributed by atoms with Crippen LogP contribution < -0.4 is 0 Å². The van der Waals surface area contributed by atoms with Crippen molar-refractivity contribution in [1.29, 1.82) is 0 Å². The number of nitrogens with one attached hydrogen (secondary N) is 2. The van der Waals surface area contributed by atoms with Crippen molar-refractivity contribution in [3.05, 3.63) is 36.2 Å². The normalized spacial score (nSPS) is 10.8. The molecule has 0 aliphatic carbocycles. The average molecular weight is 256 g/mol. The molecule has 0 saturated carbocycles. The molecule has 96 valence electrons. The highest BCUT2D eigenvalue weighted by Crippen LogP contribution is 2.28. The Bertz CT molecular complexity index is 729. The summed E-state index contributed by atoms with van der Waals surface area (Å²) >= 11 is 0. The van der Waals surface area contributed by atoms with Gasteiger partial charge in [0.2, 0.25) is 0 Å². The van der Waals surface area contributed by atoms with Crippen LogP contribution in [0.25, 0.3) is 22.2 Å². The topological polar surface area (TPSA) is 83.7 Å². The Hall–Kier alpha value is -2.63. The Morgan fingerprint density at radius 3 is 3.05 bits per heavy atom. The van der Waals surface area contributed by atoms with E-state index in [1.165, 1.54) is 0 Å². The summed E-state index contributed by atoms with van der Waals surface area (Å²) in [5.74, 6) is -0.473. The molecule has 6 nitrogen and oxygen atoms in total. The van der Waals surface area contributed by atoms with E-state index in [1.807, 2.05) is 30.5 Å². The number of rotatable bonds is 3. The molecular weight excluding hydrogens is 244 g/mol. The Morgan fingerprint density at radius 2 is 2.21 bits per heavy atom. The summed E-state index contributed by atoms with van der Waals surface area (Å²) in [6.07, 6.45) is 1.85. The van der Waals surface area contributed by atoms with Gasteiger partial charge in [-0.1, -0.05) is 12.1 Å². The van der Waals surface area contributed by atoms with E-state index in [9.17, 15) is 4.79 Å².